The fraction of sp³-hybridized carbons (Fsp3) is 0.364. The van der Waals surface area contributed by atoms with Crippen LogP contribution in [0, 0.1) is 17.5 Å². The van der Waals surface area contributed by atoms with Crippen molar-refractivity contribution in [1.82, 2.24) is 10.6 Å². The molecule has 1 heterocycles. The van der Waals surface area contributed by atoms with Gasteiger partial charge in [0.1, 0.15) is 19.0 Å². The number of benzene rings is 3. The molecule has 4 atom stereocenters. The third-order valence-corrected chi connectivity index (χ3v) is 7.75. The Morgan fingerprint density at radius 1 is 1.00 bits per heavy atom. The normalized spacial score (nSPS) is 17.5. The van der Waals surface area contributed by atoms with Crippen LogP contribution in [-0.2, 0) is 25.4 Å². The Kier molecular flexibility index (Phi) is 12.6. The summed E-state index contributed by atoms with van der Waals surface area (Å²) < 4.78 is 95.7. The van der Waals surface area contributed by atoms with Crippen LogP contribution in [-0.4, -0.2) is 75.9 Å². The summed E-state index contributed by atoms with van der Waals surface area (Å²) in [5.74, 6) is -5.07. The first-order chi connectivity index (χ1) is 23.3. The predicted octanol–water partition coefficient (Wildman–Crippen LogP) is 4.94. The number of hydrogen-bond donors (Lipinski definition) is 3. The molecule has 4 N–H and O–H groups in total. The molecule has 264 valence electrons. The molecule has 3 aromatic carbocycles. The molecule has 1 aliphatic rings. The number of methoxy groups -OCH3 is 1. The zero-order valence-electron chi connectivity index (χ0n) is 26.1. The fourth-order valence-electron chi connectivity index (χ4n) is 5.33. The van der Waals surface area contributed by atoms with Gasteiger partial charge in [0.15, 0.2) is 11.6 Å². The van der Waals surface area contributed by atoms with Gasteiger partial charge in [0, 0.05) is 18.0 Å². The maximum atomic E-state index is 15.4. The van der Waals surface area contributed by atoms with E-state index in [0.717, 1.165) is 25.3 Å². The predicted molar refractivity (Wildman–Crippen MR) is 164 cm³/mol. The number of carbonyl (C=O) groups excluding carboxylic acids is 3. The second-order valence-corrected chi connectivity index (χ2v) is 11.1. The van der Waals surface area contributed by atoms with Crippen molar-refractivity contribution in [2.45, 2.75) is 43.1 Å². The van der Waals surface area contributed by atoms with Crippen LogP contribution in [0.25, 0.3) is 0 Å². The fourth-order valence-corrected chi connectivity index (χ4v) is 5.33. The zero-order valence-corrected chi connectivity index (χ0v) is 26.1. The molecule has 10 nitrogen and oxygen atoms in total. The first-order valence-electron chi connectivity index (χ1n) is 15.1. The van der Waals surface area contributed by atoms with Crippen LogP contribution in [0.1, 0.15) is 29.0 Å². The van der Waals surface area contributed by atoms with E-state index in [9.17, 15) is 36.3 Å². The van der Waals surface area contributed by atoms with E-state index in [2.05, 4.69) is 5.32 Å². The highest BCUT2D eigenvalue weighted by Crippen LogP contribution is 2.32. The van der Waals surface area contributed by atoms with Crippen LogP contribution < -0.4 is 21.3 Å². The van der Waals surface area contributed by atoms with Crippen molar-refractivity contribution < 1.29 is 54.9 Å². The van der Waals surface area contributed by atoms with Crippen molar-refractivity contribution in [3.05, 3.63) is 101 Å². The summed E-state index contributed by atoms with van der Waals surface area (Å²) in [6, 6.07) is 13.1. The van der Waals surface area contributed by atoms with Gasteiger partial charge >= 0.3 is 18.4 Å². The standard InChI is InChI=1S/C33H34F6N4O6/c1-47-32(46)43(30(44)29(40)28(19-6-3-2-4-7-19)20-10-13-25(35)26(36)14-20)27-9-5-8-24(34)23(27)12-11-22-15-41-21(16-48-22)17-49-31(45)42-18-33(37,38)39/h2-10,13-14,21-22,28-29,41H,11-12,15-18,40H2,1H3,(H,42,45)/t21-,22+,28+,29-/m0/s1. The van der Waals surface area contributed by atoms with E-state index >= 15 is 4.39 Å². The van der Waals surface area contributed by atoms with Gasteiger partial charge in [0.05, 0.1) is 37.6 Å². The number of anilines is 1. The molecule has 0 aromatic heterocycles. The highest BCUT2D eigenvalue weighted by molar-refractivity contribution is 6.15. The molecule has 1 fully saturated rings. The molecule has 1 saturated heterocycles. The largest absolute Gasteiger partial charge is 0.452 e. The molecule has 0 spiro atoms. The van der Waals surface area contributed by atoms with Crippen molar-refractivity contribution in [1.29, 1.82) is 0 Å². The number of ether oxygens (including phenoxy) is 3. The lowest BCUT2D eigenvalue weighted by atomic mass is 9.84. The summed E-state index contributed by atoms with van der Waals surface area (Å²) in [5, 5.41) is 4.64. The van der Waals surface area contributed by atoms with Gasteiger partial charge < -0.3 is 30.6 Å². The van der Waals surface area contributed by atoms with Crippen LogP contribution in [0.2, 0.25) is 0 Å². The minimum Gasteiger partial charge on any atom is -0.452 e. The summed E-state index contributed by atoms with van der Waals surface area (Å²) in [7, 11) is 1.03. The highest BCUT2D eigenvalue weighted by Gasteiger charge is 2.37. The van der Waals surface area contributed by atoms with Crippen molar-refractivity contribution in [3.63, 3.8) is 0 Å². The number of alkyl halides is 3. The average Bonchev–Trinajstić information content (AvgIpc) is 3.08. The molecular formula is C33H34F6N4O6. The minimum atomic E-state index is -4.58. The molecule has 4 rings (SSSR count). The summed E-state index contributed by atoms with van der Waals surface area (Å²) in [6.45, 7) is -1.57. The van der Waals surface area contributed by atoms with E-state index in [1.807, 2.05) is 0 Å². The van der Waals surface area contributed by atoms with E-state index in [0.29, 0.717) is 10.5 Å². The van der Waals surface area contributed by atoms with Crippen molar-refractivity contribution in [3.8, 4) is 0 Å². The number of amides is 3. The van der Waals surface area contributed by atoms with Crippen LogP contribution in [0.15, 0.2) is 66.7 Å². The second-order valence-electron chi connectivity index (χ2n) is 11.1. The lowest BCUT2D eigenvalue weighted by Crippen LogP contribution is -2.50. The van der Waals surface area contributed by atoms with Crippen molar-refractivity contribution >= 4 is 23.8 Å². The molecule has 0 unspecified atom stereocenters. The maximum absolute atomic E-state index is 15.4. The monoisotopic (exact) mass is 696 g/mol. The first kappa shape index (κ1) is 37.2. The molecule has 3 aromatic rings. The van der Waals surface area contributed by atoms with Crippen LogP contribution in [0.5, 0.6) is 0 Å². The zero-order chi connectivity index (χ0) is 35.7. The van der Waals surface area contributed by atoms with Crippen LogP contribution in [0.3, 0.4) is 0 Å². The van der Waals surface area contributed by atoms with E-state index in [-0.39, 0.29) is 49.4 Å². The minimum absolute atomic E-state index is 0.0217. The number of imide groups is 1. The molecule has 3 amide bonds. The Labute approximate surface area is 277 Å². The molecule has 49 heavy (non-hydrogen) atoms. The first-order valence-corrected chi connectivity index (χ1v) is 15.1. The summed E-state index contributed by atoms with van der Waals surface area (Å²) in [5.41, 5.74) is 6.93. The number of carbonyl (C=O) groups is 3. The number of hydrogen-bond acceptors (Lipinski definition) is 8. The Morgan fingerprint density at radius 3 is 2.37 bits per heavy atom. The van der Waals surface area contributed by atoms with Gasteiger partial charge in [-0.2, -0.15) is 13.2 Å². The topological polar surface area (TPSA) is 132 Å². The van der Waals surface area contributed by atoms with Gasteiger partial charge in [-0.15, -0.1) is 0 Å². The van der Waals surface area contributed by atoms with Crippen molar-refractivity contribution in [2.24, 2.45) is 5.73 Å². The number of rotatable bonds is 11. The quantitative estimate of drug-likeness (QED) is 0.241. The number of morpholine rings is 1. The Bertz CT molecular complexity index is 1600. The summed E-state index contributed by atoms with van der Waals surface area (Å²) >= 11 is 0. The summed E-state index contributed by atoms with van der Waals surface area (Å²) in [6.07, 6.45) is -7.32. The van der Waals surface area contributed by atoms with Crippen molar-refractivity contribution in [2.75, 3.05) is 38.3 Å². The lowest BCUT2D eigenvalue weighted by Gasteiger charge is -2.31. The SMILES string of the molecule is COC(=O)N(C(=O)[C@@H](N)[C@H](c1ccccc1)c1ccc(F)c(F)c1)c1cccc(F)c1CC[C@@H]1CN[C@H](COC(=O)NCC(F)(F)F)CO1. The van der Waals surface area contributed by atoms with E-state index in [1.54, 1.807) is 35.6 Å². The van der Waals surface area contributed by atoms with Crippen LogP contribution >= 0.6 is 0 Å². The van der Waals surface area contributed by atoms with Gasteiger partial charge in [-0.3, -0.25) is 4.79 Å². The molecule has 0 radical (unpaired) electrons. The Hall–Kier alpha value is -4.67. The van der Waals surface area contributed by atoms with Gasteiger partial charge in [-0.05, 0) is 48.2 Å². The van der Waals surface area contributed by atoms with Gasteiger partial charge in [0.25, 0.3) is 5.91 Å². The third-order valence-electron chi connectivity index (χ3n) is 7.75. The third kappa shape index (κ3) is 9.93. The van der Waals surface area contributed by atoms with Gasteiger partial charge in [-0.25, -0.2) is 27.7 Å². The number of nitrogens with one attached hydrogen (secondary N) is 2. The van der Waals surface area contributed by atoms with E-state index in [4.69, 9.17) is 19.9 Å². The lowest BCUT2D eigenvalue weighted by molar-refractivity contribution is -0.124. The molecular weight excluding hydrogens is 662 g/mol. The van der Waals surface area contributed by atoms with Gasteiger partial charge in [0.2, 0.25) is 0 Å². The molecule has 16 heteroatoms. The number of nitrogens with zero attached hydrogens (tertiary/aromatic N) is 1. The van der Waals surface area contributed by atoms with E-state index in [1.165, 1.54) is 18.2 Å². The smallest absolute Gasteiger partial charge is 0.420 e. The molecule has 0 aliphatic carbocycles. The highest BCUT2D eigenvalue weighted by atomic mass is 19.4. The molecule has 0 bridgehead atoms. The number of nitrogens with two attached hydrogens (primary N) is 1. The van der Waals surface area contributed by atoms with Crippen LogP contribution in [0.4, 0.5) is 41.6 Å². The average molecular weight is 697 g/mol. The number of alkyl carbamates (subject to hydrolysis) is 1. The Morgan fingerprint density at radius 2 is 1.73 bits per heavy atom. The maximum Gasteiger partial charge on any atom is 0.420 e. The second kappa shape index (κ2) is 16.6. The van der Waals surface area contributed by atoms with Gasteiger partial charge in [-0.1, -0.05) is 42.5 Å². The molecule has 1 aliphatic heterocycles. The number of halogens is 6. The van der Waals surface area contributed by atoms with E-state index < -0.39 is 72.4 Å². The molecule has 0 saturated carbocycles. The summed E-state index contributed by atoms with van der Waals surface area (Å²) in [4.78, 5) is 39.3. The Balaban J connectivity index is 1.49.